The Morgan fingerprint density at radius 3 is 2.38 bits per heavy atom. The van der Waals surface area contributed by atoms with E-state index in [9.17, 15) is 21.6 Å². The summed E-state index contributed by atoms with van der Waals surface area (Å²) in [7, 11) is -7.18. The van der Waals surface area contributed by atoms with Crippen LogP contribution >= 0.6 is 0 Å². The Morgan fingerprint density at radius 2 is 1.72 bits per heavy atom. The second-order valence-electron chi connectivity index (χ2n) is 8.99. The van der Waals surface area contributed by atoms with Crippen molar-refractivity contribution in [3.05, 3.63) is 60.2 Å². The average Bonchev–Trinajstić information content (AvgIpc) is 2.73. The zero-order valence-electron chi connectivity index (χ0n) is 18.0. The van der Waals surface area contributed by atoms with E-state index in [1.54, 1.807) is 4.31 Å². The first-order valence-electron chi connectivity index (χ1n) is 10.7. The highest BCUT2D eigenvalue weighted by molar-refractivity contribution is 7.92. The third kappa shape index (κ3) is 4.89. The number of carbonyl (C=O) groups excluding carboxylic acids is 1. The third-order valence-corrected chi connectivity index (χ3v) is 9.12. The van der Waals surface area contributed by atoms with Crippen molar-refractivity contribution in [2.24, 2.45) is 11.3 Å². The molecule has 4 rings (SSSR count). The molecule has 2 aromatic rings. The Balaban J connectivity index is 1.60. The molecule has 7 nitrogen and oxygen atoms in total. The molecule has 1 aliphatic carbocycles. The van der Waals surface area contributed by atoms with Crippen LogP contribution in [0.2, 0.25) is 0 Å². The number of ketones is 1. The van der Waals surface area contributed by atoms with Gasteiger partial charge in [-0.15, -0.1) is 0 Å². The van der Waals surface area contributed by atoms with Crippen LogP contribution in [0.3, 0.4) is 0 Å². The SMILES string of the molecule is CS(=O)(=O)Nc1ccc(S(=O)(=O)N2CCC3CC(=O)CCC3(Cc3ccccc3)C2)cc1. The van der Waals surface area contributed by atoms with Crippen molar-refractivity contribution in [2.45, 2.75) is 37.0 Å². The molecule has 2 atom stereocenters. The molecular weight excluding hydrogens is 448 g/mol. The van der Waals surface area contributed by atoms with Crippen LogP contribution < -0.4 is 4.72 Å². The number of hydrogen-bond acceptors (Lipinski definition) is 5. The molecule has 32 heavy (non-hydrogen) atoms. The highest BCUT2D eigenvalue weighted by Crippen LogP contribution is 2.48. The Bertz CT molecular complexity index is 1190. The Kier molecular flexibility index (Phi) is 6.17. The molecular formula is C23H28N2O5S2. The second kappa shape index (κ2) is 8.61. The summed E-state index contributed by atoms with van der Waals surface area (Å²) in [6.07, 6.45) is 4.15. The number of fused-ring (bicyclic) bond motifs is 1. The van der Waals surface area contributed by atoms with Crippen LogP contribution in [0.25, 0.3) is 0 Å². The number of anilines is 1. The lowest BCUT2D eigenvalue weighted by Crippen LogP contribution is -2.54. The predicted octanol–water partition coefficient (Wildman–Crippen LogP) is 3.05. The first kappa shape index (κ1) is 22.9. The fraction of sp³-hybridized carbons (Fsp3) is 0.435. The number of Topliss-reactive ketones (excluding diaryl/α,β-unsaturated/α-hetero) is 1. The normalized spacial score (nSPS) is 24.7. The summed E-state index contributed by atoms with van der Waals surface area (Å²) in [5.41, 5.74) is 1.21. The molecule has 1 aliphatic heterocycles. The highest BCUT2D eigenvalue weighted by atomic mass is 32.2. The van der Waals surface area contributed by atoms with E-state index in [2.05, 4.69) is 16.9 Å². The maximum Gasteiger partial charge on any atom is 0.243 e. The topological polar surface area (TPSA) is 101 Å². The van der Waals surface area contributed by atoms with Gasteiger partial charge in [0, 0.05) is 31.6 Å². The number of carbonyl (C=O) groups is 1. The number of piperidine rings is 1. The number of nitrogens with zero attached hydrogens (tertiary/aromatic N) is 1. The molecule has 0 spiro atoms. The van der Waals surface area contributed by atoms with E-state index >= 15 is 0 Å². The van der Waals surface area contributed by atoms with Gasteiger partial charge in [0.15, 0.2) is 0 Å². The minimum absolute atomic E-state index is 0.136. The minimum atomic E-state index is -3.75. The predicted molar refractivity (Wildman–Crippen MR) is 123 cm³/mol. The Morgan fingerprint density at radius 1 is 1.03 bits per heavy atom. The molecule has 0 aromatic heterocycles. The molecule has 1 saturated heterocycles. The smallest absolute Gasteiger partial charge is 0.243 e. The molecule has 2 aliphatic rings. The van der Waals surface area contributed by atoms with Crippen LogP contribution in [-0.2, 0) is 31.3 Å². The zero-order chi connectivity index (χ0) is 23.0. The Labute approximate surface area is 189 Å². The van der Waals surface area contributed by atoms with Gasteiger partial charge in [0.2, 0.25) is 20.0 Å². The van der Waals surface area contributed by atoms with Crippen molar-refractivity contribution < 1.29 is 21.6 Å². The lowest BCUT2D eigenvalue weighted by atomic mass is 9.60. The third-order valence-electron chi connectivity index (χ3n) is 6.65. The van der Waals surface area contributed by atoms with Gasteiger partial charge in [-0.2, -0.15) is 4.31 Å². The summed E-state index contributed by atoms with van der Waals surface area (Å²) in [6.45, 7) is 0.756. The first-order chi connectivity index (χ1) is 15.1. The summed E-state index contributed by atoms with van der Waals surface area (Å²) < 4.78 is 53.6. The van der Waals surface area contributed by atoms with E-state index in [-0.39, 0.29) is 22.0 Å². The standard InChI is InChI=1S/C23H28N2O5S2/c1-31(27,28)24-20-7-9-22(10-8-20)32(29,30)25-14-12-19-15-21(26)11-13-23(19,17-25)16-18-5-3-2-4-6-18/h2-10,19,24H,11-17H2,1H3. The molecule has 1 heterocycles. The fourth-order valence-electron chi connectivity index (χ4n) is 5.09. The quantitative estimate of drug-likeness (QED) is 0.691. The first-order valence-corrected chi connectivity index (χ1v) is 14.0. The fourth-order valence-corrected chi connectivity index (χ4v) is 7.20. The van der Waals surface area contributed by atoms with E-state index in [0.29, 0.717) is 44.5 Å². The summed E-state index contributed by atoms with van der Waals surface area (Å²) in [4.78, 5) is 12.3. The highest BCUT2D eigenvalue weighted by Gasteiger charge is 2.49. The summed E-state index contributed by atoms with van der Waals surface area (Å²) in [6, 6.07) is 15.8. The molecule has 2 unspecified atom stereocenters. The molecule has 1 N–H and O–H groups in total. The van der Waals surface area contributed by atoms with Gasteiger partial charge in [-0.1, -0.05) is 30.3 Å². The van der Waals surface area contributed by atoms with Gasteiger partial charge >= 0.3 is 0 Å². The Hall–Kier alpha value is -2.23. The van der Waals surface area contributed by atoms with Crippen molar-refractivity contribution in [1.29, 1.82) is 0 Å². The van der Waals surface area contributed by atoms with Gasteiger partial charge in [-0.05, 0) is 60.4 Å². The van der Waals surface area contributed by atoms with Crippen LogP contribution in [0.15, 0.2) is 59.5 Å². The van der Waals surface area contributed by atoms with E-state index in [0.717, 1.165) is 18.2 Å². The molecule has 9 heteroatoms. The largest absolute Gasteiger partial charge is 0.300 e. The van der Waals surface area contributed by atoms with E-state index in [1.807, 2.05) is 18.2 Å². The van der Waals surface area contributed by atoms with Crippen molar-refractivity contribution in [1.82, 2.24) is 4.31 Å². The van der Waals surface area contributed by atoms with Crippen LogP contribution in [-0.4, -0.2) is 46.3 Å². The van der Waals surface area contributed by atoms with Crippen molar-refractivity contribution >= 4 is 31.5 Å². The van der Waals surface area contributed by atoms with E-state index in [4.69, 9.17) is 0 Å². The average molecular weight is 477 g/mol. The van der Waals surface area contributed by atoms with Gasteiger partial charge in [0.05, 0.1) is 11.2 Å². The molecule has 0 bridgehead atoms. The lowest BCUT2D eigenvalue weighted by Gasteiger charge is -2.50. The van der Waals surface area contributed by atoms with E-state index in [1.165, 1.54) is 24.3 Å². The number of benzene rings is 2. The zero-order valence-corrected chi connectivity index (χ0v) is 19.7. The van der Waals surface area contributed by atoms with Crippen LogP contribution in [0.1, 0.15) is 31.2 Å². The molecule has 2 aromatic carbocycles. The number of rotatable bonds is 6. The van der Waals surface area contributed by atoms with Gasteiger partial charge in [0.25, 0.3) is 0 Å². The monoisotopic (exact) mass is 476 g/mol. The second-order valence-corrected chi connectivity index (χ2v) is 12.7. The van der Waals surface area contributed by atoms with Gasteiger partial charge in [-0.3, -0.25) is 9.52 Å². The van der Waals surface area contributed by atoms with Crippen LogP contribution in [0, 0.1) is 11.3 Å². The number of sulfonamides is 2. The maximum atomic E-state index is 13.4. The summed E-state index contributed by atoms with van der Waals surface area (Å²) >= 11 is 0. The summed E-state index contributed by atoms with van der Waals surface area (Å²) in [5, 5.41) is 0. The lowest BCUT2D eigenvalue weighted by molar-refractivity contribution is -0.126. The molecule has 0 amide bonds. The van der Waals surface area contributed by atoms with Gasteiger partial charge in [0.1, 0.15) is 5.78 Å². The van der Waals surface area contributed by atoms with Gasteiger partial charge < -0.3 is 0 Å². The molecule has 172 valence electrons. The maximum absolute atomic E-state index is 13.4. The van der Waals surface area contributed by atoms with E-state index < -0.39 is 20.0 Å². The van der Waals surface area contributed by atoms with Crippen molar-refractivity contribution in [2.75, 3.05) is 24.1 Å². The van der Waals surface area contributed by atoms with Crippen molar-refractivity contribution in [3.63, 3.8) is 0 Å². The minimum Gasteiger partial charge on any atom is -0.300 e. The van der Waals surface area contributed by atoms with Crippen LogP contribution in [0.4, 0.5) is 5.69 Å². The van der Waals surface area contributed by atoms with Crippen LogP contribution in [0.5, 0.6) is 0 Å². The molecule has 0 radical (unpaired) electrons. The molecule has 2 fully saturated rings. The van der Waals surface area contributed by atoms with Gasteiger partial charge in [-0.25, -0.2) is 16.8 Å². The summed E-state index contributed by atoms with van der Waals surface area (Å²) in [5.74, 6) is 0.445. The number of hydrogen-bond donors (Lipinski definition) is 1. The molecule has 1 saturated carbocycles. The number of nitrogens with one attached hydrogen (secondary N) is 1. The van der Waals surface area contributed by atoms with Crippen molar-refractivity contribution in [3.8, 4) is 0 Å².